The molecule has 1 aliphatic carbocycles. The summed E-state index contributed by atoms with van der Waals surface area (Å²) in [5.41, 5.74) is 1.09. The largest absolute Gasteiger partial charge is 0.348 e. The number of amides is 1. The summed E-state index contributed by atoms with van der Waals surface area (Å²) in [6, 6.07) is 2.49. The lowest BCUT2D eigenvalue weighted by atomic mass is 9.75. The molecule has 0 aliphatic heterocycles. The molecule has 1 amide bonds. The van der Waals surface area contributed by atoms with Crippen LogP contribution in [0.1, 0.15) is 69.9 Å². The monoisotopic (exact) mass is 340 g/mol. The number of carbonyl (C=O) groups is 1. The van der Waals surface area contributed by atoms with Crippen molar-refractivity contribution in [1.29, 1.82) is 0 Å². The second-order valence-electron chi connectivity index (χ2n) is 6.98. The normalized spacial score (nSPS) is 22.0. The number of nitrogens with zero attached hydrogens (tertiary/aromatic N) is 1. The Hall–Kier alpha value is -0.770. The summed E-state index contributed by atoms with van der Waals surface area (Å²) in [4.78, 5) is 12.5. The highest BCUT2D eigenvalue weighted by Gasteiger charge is 2.29. The molecule has 1 saturated carbocycles. The molecule has 1 heterocycles. The van der Waals surface area contributed by atoms with E-state index in [1.54, 1.807) is 0 Å². The van der Waals surface area contributed by atoms with E-state index in [9.17, 15) is 4.79 Å². The maximum Gasteiger partial charge on any atom is 0.268 e. The van der Waals surface area contributed by atoms with Crippen LogP contribution in [-0.2, 0) is 0 Å². The molecule has 0 aromatic carbocycles. The van der Waals surface area contributed by atoms with Crippen molar-refractivity contribution in [3.63, 3.8) is 0 Å². The lowest BCUT2D eigenvalue weighted by Crippen LogP contribution is -2.41. The zero-order valence-corrected chi connectivity index (χ0v) is 14.5. The van der Waals surface area contributed by atoms with Crippen LogP contribution >= 0.6 is 15.9 Å². The number of hydrogen-bond acceptors (Lipinski definition) is 1. The minimum atomic E-state index is 0.0482. The second kappa shape index (κ2) is 5.92. The summed E-state index contributed by atoms with van der Waals surface area (Å²) < 4.78 is 2.98. The van der Waals surface area contributed by atoms with Crippen molar-refractivity contribution in [2.24, 2.45) is 5.41 Å². The molecule has 0 radical (unpaired) electrons. The van der Waals surface area contributed by atoms with Crippen molar-refractivity contribution in [3.05, 3.63) is 22.4 Å². The number of aromatic nitrogens is 1. The van der Waals surface area contributed by atoms with Crippen molar-refractivity contribution < 1.29 is 4.79 Å². The highest BCUT2D eigenvalue weighted by atomic mass is 79.9. The van der Waals surface area contributed by atoms with Crippen LogP contribution < -0.4 is 5.32 Å². The van der Waals surface area contributed by atoms with Gasteiger partial charge in [-0.2, -0.15) is 0 Å². The molecule has 4 heteroatoms. The van der Waals surface area contributed by atoms with Gasteiger partial charge in [0.25, 0.3) is 5.91 Å². The van der Waals surface area contributed by atoms with Crippen molar-refractivity contribution >= 4 is 21.8 Å². The molecule has 0 spiro atoms. The van der Waals surface area contributed by atoms with Crippen LogP contribution in [-0.4, -0.2) is 16.5 Å². The maximum atomic E-state index is 12.5. The molecule has 1 unspecified atom stereocenters. The molecule has 1 aromatic rings. The van der Waals surface area contributed by atoms with Crippen LogP contribution in [0.5, 0.6) is 0 Å². The van der Waals surface area contributed by atoms with Gasteiger partial charge >= 0.3 is 0 Å². The molecule has 20 heavy (non-hydrogen) atoms. The average molecular weight is 341 g/mol. The van der Waals surface area contributed by atoms with E-state index in [0.29, 0.717) is 11.5 Å². The summed E-state index contributed by atoms with van der Waals surface area (Å²) in [7, 11) is 0. The summed E-state index contributed by atoms with van der Waals surface area (Å²) in [5.74, 6) is 0.0482. The first-order valence-electron chi connectivity index (χ1n) is 7.47. The van der Waals surface area contributed by atoms with Crippen LogP contribution in [0, 0.1) is 5.41 Å². The Kier molecular flexibility index (Phi) is 4.62. The number of hydrogen-bond donors (Lipinski definition) is 1. The van der Waals surface area contributed by atoms with Crippen LogP contribution in [0.3, 0.4) is 0 Å². The van der Waals surface area contributed by atoms with Gasteiger partial charge in [0.1, 0.15) is 5.69 Å². The molecule has 1 atom stereocenters. The summed E-state index contributed by atoms with van der Waals surface area (Å²) in [5, 5.41) is 3.22. The summed E-state index contributed by atoms with van der Waals surface area (Å²) in [6.45, 7) is 8.76. The molecule has 3 nitrogen and oxygen atoms in total. The molecule has 0 saturated heterocycles. The van der Waals surface area contributed by atoms with E-state index in [1.165, 1.54) is 12.8 Å². The van der Waals surface area contributed by atoms with Crippen molar-refractivity contribution in [2.75, 3.05) is 0 Å². The van der Waals surface area contributed by atoms with Gasteiger partial charge in [0.15, 0.2) is 0 Å². The fraction of sp³-hybridized carbons (Fsp3) is 0.688. The van der Waals surface area contributed by atoms with Crippen LogP contribution in [0.2, 0.25) is 0 Å². The molecule has 0 bridgehead atoms. The van der Waals surface area contributed by atoms with Crippen LogP contribution in [0.25, 0.3) is 0 Å². The van der Waals surface area contributed by atoms with E-state index in [2.05, 4.69) is 48.9 Å². The Morgan fingerprint density at radius 2 is 2.20 bits per heavy atom. The summed E-state index contributed by atoms with van der Waals surface area (Å²) >= 11 is 3.46. The average Bonchev–Trinajstić information content (AvgIpc) is 2.70. The minimum Gasteiger partial charge on any atom is -0.348 e. The van der Waals surface area contributed by atoms with E-state index < -0.39 is 0 Å². The van der Waals surface area contributed by atoms with Gasteiger partial charge in [-0.15, -0.1) is 0 Å². The SMILES string of the molecule is CC(C)n1cc(Br)cc1C(=O)NC1CCCC(C)(C)C1. The fourth-order valence-electron chi connectivity index (χ4n) is 3.14. The third-order valence-corrected chi connectivity index (χ3v) is 4.58. The van der Waals surface area contributed by atoms with Gasteiger partial charge in [-0.3, -0.25) is 4.79 Å². The van der Waals surface area contributed by atoms with Crippen molar-refractivity contribution in [3.8, 4) is 0 Å². The quantitative estimate of drug-likeness (QED) is 0.861. The third-order valence-electron chi connectivity index (χ3n) is 4.14. The van der Waals surface area contributed by atoms with Gasteiger partial charge < -0.3 is 9.88 Å². The fourth-order valence-corrected chi connectivity index (χ4v) is 3.57. The first kappa shape index (κ1) is 15.6. The molecule has 2 rings (SSSR count). The Bertz CT molecular complexity index is 491. The Balaban J connectivity index is 2.09. The zero-order valence-electron chi connectivity index (χ0n) is 12.9. The number of halogens is 1. The standard InChI is InChI=1S/C16H25BrN2O/c1-11(2)19-10-12(17)8-14(19)15(20)18-13-6-5-7-16(3,4)9-13/h8,10-11,13H,5-7,9H2,1-4H3,(H,18,20). The van der Waals surface area contributed by atoms with Crippen LogP contribution in [0.4, 0.5) is 0 Å². The molecule has 1 fully saturated rings. The van der Waals surface area contributed by atoms with Gasteiger partial charge in [-0.05, 0) is 60.5 Å². The Morgan fingerprint density at radius 3 is 2.80 bits per heavy atom. The van der Waals surface area contributed by atoms with Gasteiger partial charge in [0.05, 0.1) is 0 Å². The van der Waals surface area contributed by atoms with Crippen LogP contribution in [0.15, 0.2) is 16.7 Å². The lowest BCUT2D eigenvalue weighted by Gasteiger charge is -2.35. The second-order valence-corrected chi connectivity index (χ2v) is 7.89. The molecule has 1 aromatic heterocycles. The topological polar surface area (TPSA) is 34.0 Å². The molecule has 1 aliphatic rings. The highest BCUT2D eigenvalue weighted by molar-refractivity contribution is 9.10. The minimum absolute atomic E-state index is 0.0482. The Labute approximate surface area is 130 Å². The molecular formula is C16H25BrN2O. The smallest absolute Gasteiger partial charge is 0.268 e. The Morgan fingerprint density at radius 1 is 1.50 bits per heavy atom. The summed E-state index contributed by atoms with van der Waals surface area (Å²) in [6.07, 6.45) is 6.60. The molecular weight excluding hydrogens is 316 g/mol. The van der Waals surface area contributed by atoms with E-state index in [0.717, 1.165) is 23.0 Å². The van der Waals surface area contributed by atoms with E-state index in [1.807, 2.05) is 16.8 Å². The van der Waals surface area contributed by atoms with E-state index >= 15 is 0 Å². The zero-order chi connectivity index (χ0) is 14.9. The van der Waals surface area contributed by atoms with E-state index in [4.69, 9.17) is 0 Å². The van der Waals surface area contributed by atoms with Gasteiger partial charge in [-0.1, -0.05) is 20.3 Å². The first-order chi connectivity index (χ1) is 9.28. The number of carbonyl (C=O) groups excluding carboxylic acids is 1. The first-order valence-corrected chi connectivity index (χ1v) is 8.26. The van der Waals surface area contributed by atoms with Gasteiger partial charge in [0.2, 0.25) is 0 Å². The molecule has 1 N–H and O–H groups in total. The van der Waals surface area contributed by atoms with Gasteiger partial charge in [-0.25, -0.2) is 0 Å². The predicted molar refractivity (Wildman–Crippen MR) is 86.0 cm³/mol. The number of nitrogens with one attached hydrogen (secondary N) is 1. The highest BCUT2D eigenvalue weighted by Crippen LogP contribution is 2.35. The van der Waals surface area contributed by atoms with Gasteiger partial charge in [0, 0.05) is 22.8 Å². The maximum absolute atomic E-state index is 12.5. The van der Waals surface area contributed by atoms with Crippen molar-refractivity contribution in [1.82, 2.24) is 9.88 Å². The predicted octanol–water partition coefficient (Wildman–Crippen LogP) is 4.53. The van der Waals surface area contributed by atoms with E-state index in [-0.39, 0.29) is 11.9 Å². The van der Waals surface area contributed by atoms with Crippen molar-refractivity contribution in [2.45, 2.75) is 65.5 Å². The third kappa shape index (κ3) is 3.66. The lowest BCUT2D eigenvalue weighted by molar-refractivity contribution is 0.0891. The molecule has 112 valence electrons. The number of rotatable bonds is 3.